The summed E-state index contributed by atoms with van der Waals surface area (Å²) in [5.41, 5.74) is 0.846. The molecule has 0 radical (unpaired) electrons. The number of benzene rings is 1. The van der Waals surface area contributed by atoms with Crippen LogP contribution in [0.3, 0.4) is 0 Å². The van der Waals surface area contributed by atoms with E-state index in [4.69, 9.17) is 5.11 Å². The van der Waals surface area contributed by atoms with Gasteiger partial charge in [0.25, 0.3) is 0 Å². The number of carboxylic acids is 1. The van der Waals surface area contributed by atoms with Crippen LogP contribution in [-0.2, 0) is 6.42 Å². The van der Waals surface area contributed by atoms with Crippen LogP contribution in [0.5, 0.6) is 5.75 Å². The van der Waals surface area contributed by atoms with Crippen LogP contribution >= 0.6 is 0 Å². The molecule has 22 heavy (non-hydrogen) atoms. The molecule has 0 unspecified atom stereocenters. The summed E-state index contributed by atoms with van der Waals surface area (Å²) in [5, 5.41) is 20.6. The second-order valence-corrected chi connectivity index (χ2v) is 5.71. The minimum Gasteiger partial charge on any atom is -0.872 e. The van der Waals surface area contributed by atoms with Crippen LogP contribution < -0.4 is 34.7 Å². The molecule has 1 N–H and O–H groups in total. The number of unbranched alkanes of at least 4 members (excludes halogenated alkanes) is 8. The van der Waals surface area contributed by atoms with Crippen molar-refractivity contribution in [3.05, 3.63) is 29.3 Å². The van der Waals surface area contributed by atoms with Crippen LogP contribution in [0.1, 0.15) is 80.6 Å². The van der Waals surface area contributed by atoms with E-state index in [0.717, 1.165) is 12.8 Å². The average molecular weight is 314 g/mol. The van der Waals surface area contributed by atoms with Gasteiger partial charge >= 0.3 is 35.5 Å². The minimum atomic E-state index is -0.969. The molecule has 0 saturated carbocycles. The molecule has 0 atom stereocenters. The van der Waals surface area contributed by atoms with Crippen LogP contribution in [0.15, 0.2) is 18.2 Å². The predicted octanol–water partition coefficient (Wildman–Crippen LogP) is 1.54. The third kappa shape index (κ3) is 8.82. The molecular formula is C18H27NaO3. The Morgan fingerprint density at radius 3 is 2.09 bits per heavy atom. The number of carbonyl (C=O) groups is 1. The van der Waals surface area contributed by atoms with Crippen LogP contribution in [-0.4, -0.2) is 11.1 Å². The fraction of sp³-hybridized carbons (Fsp3) is 0.611. The van der Waals surface area contributed by atoms with Gasteiger partial charge in [-0.15, -0.1) is 5.75 Å². The molecule has 0 saturated heterocycles. The number of rotatable bonds is 11. The zero-order valence-corrected chi connectivity index (χ0v) is 16.1. The molecule has 0 fully saturated rings. The molecule has 1 aromatic rings. The molecule has 0 aliphatic rings. The van der Waals surface area contributed by atoms with Gasteiger partial charge in [-0.25, -0.2) is 4.79 Å². The first-order valence-corrected chi connectivity index (χ1v) is 8.18. The van der Waals surface area contributed by atoms with Gasteiger partial charge in [-0.2, -0.15) is 0 Å². The fourth-order valence-electron chi connectivity index (χ4n) is 2.53. The van der Waals surface area contributed by atoms with Crippen molar-refractivity contribution < 1.29 is 44.6 Å². The smallest absolute Gasteiger partial charge is 0.872 e. The Labute approximate surface area is 156 Å². The summed E-state index contributed by atoms with van der Waals surface area (Å²) in [6, 6.07) is 4.27. The Morgan fingerprint density at radius 1 is 1.00 bits per heavy atom. The van der Waals surface area contributed by atoms with E-state index < -0.39 is 5.97 Å². The van der Waals surface area contributed by atoms with Gasteiger partial charge in [0.2, 0.25) is 0 Å². The number of carboxylic acid groups (broad SMARTS) is 1. The SMILES string of the molecule is CCCCCCCCCCCc1cc(C(=O)O)ccc1[O-].[Na+]. The van der Waals surface area contributed by atoms with E-state index >= 15 is 0 Å². The van der Waals surface area contributed by atoms with Gasteiger partial charge in [-0.05, 0) is 25.0 Å². The molecule has 3 nitrogen and oxygen atoms in total. The molecule has 1 rings (SSSR count). The van der Waals surface area contributed by atoms with Gasteiger partial charge in [-0.3, -0.25) is 0 Å². The predicted molar refractivity (Wildman–Crippen MR) is 83.8 cm³/mol. The monoisotopic (exact) mass is 314 g/mol. The van der Waals surface area contributed by atoms with Crippen molar-refractivity contribution in [1.29, 1.82) is 0 Å². The van der Waals surface area contributed by atoms with Gasteiger partial charge < -0.3 is 10.2 Å². The van der Waals surface area contributed by atoms with E-state index in [1.54, 1.807) is 0 Å². The Bertz CT molecular complexity index is 432. The normalized spacial score (nSPS) is 10.2. The second-order valence-electron chi connectivity index (χ2n) is 5.71. The zero-order chi connectivity index (χ0) is 15.5. The molecule has 0 aliphatic carbocycles. The third-order valence-corrected chi connectivity index (χ3v) is 3.86. The van der Waals surface area contributed by atoms with Crippen molar-refractivity contribution in [1.82, 2.24) is 0 Å². The summed E-state index contributed by atoms with van der Waals surface area (Å²) in [6.45, 7) is 2.23. The quantitative estimate of drug-likeness (QED) is 0.498. The maximum Gasteiger partial charge on any atom is 1.00 e. The van der Waals surface area contributed by atoms with E-state index in [1.807, 2.05) is 0 Å². The number of aryl methyl sites for hydroxylation is 1. The molecule has 0 aliphatic heterocycles. The zero-order valence-electron chi connectivity index (χ0n) is 14.1. The summed E-state index contributed by atoms with van der Waals surface area (Å²) >= 11 is 0. The summed E-state index contributed by atoms with van der Waals surface area (Å²) in [6.07, 6.45) is 11.9. The molecule has 118 valence electrons. The Hall–Kier alpha value is -0.510. The maximum atomic E-state index is 11.7. The van der Waals surface area contributed by atoms with Crippen molar-refractivity contribution in [3.63, 3.8) is 0 Å². The molecule has 0 heterocycles. The topological polar surface area (TPSA) is 60.4 Å². The van der Waals surface area contributed by atoms with Crippen LogP contribution in [0.2, 0.25) is 0 Å². The van der Waals surface area contributed by atoms with E-state index in [9.17, 15) is 9.90 Å². The van der Waals surface area contributed by atoms with E-state index in [1.165, 1.54) is 63.1 Å². The average Bonchev–Trinajstić information content (AvgIpc) is 2.47. The van der Waals surface area contributed by atoms with Crippen molar-refractivity contribution in [3.8, 4) is 5.75 Å². The van der Waals surface area contributed by atoms with Crippen LogP contribution in [0.4, 0.5) is 0 Å². The van der Waals surface area contributed by atoms with E-state index in [-0.39, 0.29) is 40.9 Å². The number of hydrogen-bond acceptors (Lipinski definition) is 2. The summed E-state index contributed by atoms with van der Waals surface area (Å²) in [4.78, 5) is 10.9. The number of aromatic carboxylic acids is 1. The second kappa shape index (κ2) is 13.0. The molecule has 4 heteroatoms. The van der Waals surface area contributed by atoms with Gasteiger partial charge in [0, 0.05) is 0 Å². The molecular weight excluding hydrogens is 287 g/mol. The molecule has 1 aromatic carbocycles. The van der Waals surface area contributed by atoms with Crippen molar-refractivity contribution in [2.45, 2.75) is 71.1 Å². The molecule has 0 spiro atoms. The van der Waals surface area contributed by atoms with Gasteiger partial charge in [0.1, 0.15) is 0 Å². The van der Waals surface area contributed by atoms with Crippen LogP contribution in [0, 0.1) is 0 Å². The number of hydrogen-bond donors (Lipinski definition) is 1. The van der Waals surface area contributed by atoms with Gasteiger partial charge in [0.05, 0.1) is 5.56 Å². The largest absolute Gasteiger partial charge is 1.00 e. The van der Waals surface area contributed by atoms with E-state index in [0.29, 0.717) is 12.0 Å². The maximum absolute atomic E-state index is 11.7. The Kier molecular flexibility index (Phi) is 12.7. The first-order valence-electron chi connectivity index (χ1n) is 8.18. The van der Waals surface area contributed by atoms with E-state index in [2.05, 4.69) is 6.92 Å². The Morgan fingerprint density at radius 2 is 1.55 bits per heavy atom. The fourth-order valence-corrected chi connectivity index (χ4v) is 2.53. The molecule has 0 aromatic heterocycles. The molecule has 0 amide bonds. The van der Waals surface area contributed by atoms with Gasteiger partial charge in [-0.1, -0.05) is 69.9 Å². The minimum absolute atomic E-state index is 0. The molecule has 0 bridgehead atoms. The van der Waals surface area contributed by atoms with Crippen molar-refractivity contribution >= 4 is 5.97 Å². The Balaban J connectivity index is 0.00000441. The first kappa shape index (κ1) is 21.5. The van der Waals surface area contributed by atoms with Crippen molar-refractivity contribution in [2.75, 3.05) is 0 Å². The summed E-state index contributed by atoms with van der Waals surface area (Å²) in [7, 11) is 0. The summed E-state index contributed by atoms with van der Waals surface area (Å²) in [5.74, 6) is -1.01. The third-order valence-electron chi connectivity index (χ3n) is 3.86. The van der Waals surface area contributed by atoms with Crippen molar-refractivity contribution in [2.24, 2.45) is 0 Å². The first-order chi connectivity index (χ1) is 10.1. The van der Waals surface area contributed by atoms with Gasteiger partial charge in [0.15, 0.2) is 0 Å². The summed E-state index contributed by atoms with van der Waals surface area (Å²) < 4.78 is 0. The van der Waals surface area contributed by atoms with Crippen LogP contribution in [0.25, 0.3) is 0 Å². The standard InChI is InChI=1S/C18H28O3.Na/c1-2-3-4-5-6-7-8-9-10-11-15-14-16(18(20)21)12-13-17(15)19;/h12-14,19H,2-11H2,1H3,(H,20,21);/q;+1/p-1.